The molecule has 0 saturated heterocycles. The van der Waals surface area contributed by atoms with Crippen molar-refractivity contribution in [3.8, 4) is 11.5 Å². The Hall–Kier alpha value is -2.19. The Labute approximate surface area is 167 Å². The molecule has 1 aromatic heterocycles. The van der Waals surface area contributed by atoms with Crippen molar-refractivity contribution in [2.45, 2.75) is 13.8 Å². The van der Waals surface area contributed by atoms with E-state index in [4.69, 9.17) is 14.2 Å². The van der Waals surface area contributed by atoms with Crippen LogP contribution in [0.5, 0.6) is 11.5 Å². The van der Waals surface area contributed by atoms with Crippen LogP contribution in [-0.2, 0) is 9.53 Å². The van der Waals surface area contributed by atoms with Gasteiger partial charge in [0.15, 0.2) is 0 Å². The van der Waals surface area contributed by atoms with Gasteiger partial charge in [-0.15, -0.1) is 23.1 Å². The Morgan fingerprint density at radius 3 is 2.56 bits per heavy atom. The number of hydrogen-bond acceptors (Lipinski definition) is 7. The number of esters is 1. The second kappa shape index (κ2) is 10.8. The van der Waals surface area contributed by atoms with Crippen LogP contribution in [0.3, 0.4) is 0 Å². The number of rotatable bonds is 10. The predicted molar refractivity (Wildman–Crippen MR) is 109 cm³/mol. The number of hydrogen-bond donors (Lipinski definition) is 1. The van der Waals surface area contributed by atoms with E-state index in [-0.39, 0.29) is 11.9 Å². The van der Waals surface area contributed by atoms with Gasteiger partial charge in [-0.25, -0.2) is 4.79 Å². The smallest absolute Gasteiger partial charge is 0.348 e. The molecule has 1 N–H and O–H groups in total. The number of thioether (sulfide) groups is 1. The molecular formula is C19H23NO5S2. The van der Waals surface area contributed by atoms with Gasteiger partial charge in [0.1, 0.15) is 16.4 Å². The van der Waals surface area contributed by atoms with Crippen LogP contribution >= 0.6 is 23.1 Å². The van der Waals surface area contributed by atoms with E-state index in [0.717, 1.165) is 17.1 Å². The quantitative estimate of drug-likeness (QED) is 0.472. The molecule has 2 aromatic rings. The lowest BCUT2D eigenvalue weighted by Gasteiger charge is -2.07. The average Bonchev–Trinajstić information content (AvgIpc) is 3.02. The van der Waals surface area contributed by atoms with E-state index in [0.29, 0.717) is 34.6 Å². The molecule has 8 heteroatoms. The Balaban J connectivity index is 1.68. The number of thiophene rings is 1. The van der Waals surface area contributed by atoms with Crippen LogP contribution in [0.2, 0.25) is 0 Å². The number of ether oxygens (including phenoxy) is 3. The minimum absolute atomic E-state index is 0.110. The summed E-state index contributed by atoms with van der Waals surface area (Å²) in [7, 11) is 1.62. The molecule has 6 nitrogen and oxygen atoms in total. The zero-order valence-electron chi connectivity index (χ0n) is 15.6. The largest absolute Gasteiger partial charge is 0.497 e. The summed E-state index contributed by atoms with van der Waals surface area (Å²) in [5.74, 6) is 2.09. The van der Waals surface area contributed by atoms with Gasteiger partial charge in [-0.1, -0.05) is 0 Å². The first kappa shape index (κ1) is 21.1. The van der Waals surface area contributed by atoms with Crippen molar-refractivity contribution < 1.29 is 23.8 Å². The van der Waals surface area contributed by atoms with Crippen molar-refractivity contribution in [2.24, 2.45) is 0 Å². The number of nitrogens with one attached hydrogen (secondary N) is 1. The lowest BCUT2D eigenvalue weighted by atomic mass is 10.3. The molecule has 0 spiro atoms. The summed E-state index contributed by atoms with van der Waals surface area (Å²) in [5.41, 5.74) is 0.800. The Morgan fingerprint density at radius 2 is 1.89 bits per heavy atom. The van der Waals surface area contributed by atoms with Crippen LogP contribution in [0.4, 0.5) is 5.00 Å². The van der Waals surface area contributed by atoms with Crippen LogP contribution in [0.15, 0.2) is 30.3 Å². The lowest BCUT2D eigenvalue weighted by Crippen LogP contribution is -2.14. The fraction of sp³-hybridized carbons (Fsp3) is 0.368. The van der Waals surface area contributed by atoms with E-state index in [2.05, 4.69) is 5.32 Å². The molecule has 0 radical (unpaired) electrons. The summed E-state index contributed by atoms with van der Waals surface area (Å²) < 4.78 is 15.7. The molecule has 1 heterocycles. The van der Waals surface area contributed by atoms with Crippen molar-refractivity contribution in [3.63, 3.8) is 0 Å². The zero-order chi connectivity index (χ0) is 19.6. The van der Waals surface area contributed by atoms with E-state index in [1.807, 2.05) is 31.2 Å². The third-order valence-corrected chi connectivity index (χ3v) is 5.48. The van der Waals surface area contributed by atoms with Crippen LogP contribution in [0.1, 0.15) is 22.2 Å². The monoisotopic (exact) mass is 409 g/mol. The van der Waals surface area contributed by atoms with Crippen molar-refractivity contribution in [3.05, 3.63) is 40.8 Å². The Bertz CT molecular complexity index is 758. The molecule has 0 aliphatic carbocycles. The van der Waals surface area contributed by atoms with Crippen LogP contribution in [0.25, 0.3) is 0 Å². The van der Waals surface area contributed by atoms with Crippen LogP contribution < -0.4 is 14.8 Å². The molecule has 2 rings (SSSR count). The maximum Gasteiger partial charge on any atom is 0.348 e. The van der Waals surface area contributed by atoms with E-state index >= 15 is 0 Å². The van der Waals surface area contributed by atoms with Gasteiger partial charge in [-0.3, -0.25) is 4.79 Å². The van der Waals surface area contributed by atoms with Crippen molar-refractivity contribution in [2.75, 3.05) is 37.1 Å². The first-order valence-electron chi connectivity index (χ1n) is 8.45. The number of carbonyl (C=O) groups is 2. The van der Waals surface area contributed by atoms with Gasteiger partial charge in [0.25, 0.3) is 0 Å². The molecule has 0 atom stereocenters. The lowest BCUT2D eigenvalue weighted by molar-refractivity contribution is -0.113. The Kier molecular flexibility index (Phi) is 8.47. The first-order chi connectivity index (χ1) is 13.0. The Morgan fingerprint density at radius 1 is 1.19 bits per heavy atom. The molecule has 0 unspecified atom stereocenters. The van der Waals surface area contributed by atoms with Crippen molar-refractivity contribution >= 4 is 40.0 Å². The predicted octanol–water partition coefficient (Wildman–Crippen LogP) is 3.99. The van der Waals surface area contributed by atoms with Crippen molar-refractivity contribution in [1.82, 2.24) is 0 Å². The van der Waals surface area contributed by atoms with Gasteiger partial charge in [0.2, 0.25) is 5.91 Å². The molecule has 0 aliphatic heterocycles. The number of anilines is 1. The highest BCUT2D eigenvalue weighted by atomic mass is 32.2. The molecule has 0 bridgehead atoms. The van der Waals surface area contributed by atoms with Gasteiger partial charge in [0, 0.05) is 5.75 Å². The first-order valence-corrected chi connectivity index (χ1v) is 10.4. The molecule has 0 aliphatic rings. The minimum atomic E-state index is -0.356. The second-order valence-corrected chi connectivity index (χ2v) is 7.63. The topological polar surface area (TPSA) is 73.9 Å². The van der Waals surface area contributed by atoms with Gasteiger partial charge in [0.05, 0.1) is 31.1 Å². The highest BCUT2D eigenvalue weighted by molar-refractivity contribution is 7.99. The van der Waals surface area contributed by atoms with Gasteiger partial charge in [-0.05, 0) is 49.7 Å². The fourth-order valence-electron chi connectivity index (χ4n) is 2.17. The van der Waals surface area contributed by atoms with Crippen LogP contribution in [-0.4, -0.2) is 43.7 Å². The zero-order valence-corrected chi connectivity index (χ0v) is 17.2. The fourth-order valence-corrected chi connectivity index (χ4v) is 3.76. The normalized spacial score (nSPS) is 10.3. The number of amides is 1. The standard InChI is InChI=1S/C19H23NO5S2/c1-4-24-19(22)18-13(2)11-17(27-18)20-16(21)12-26-10-9-25-15-7-5-14(23-3)6-8-15/h5-8,11H,4,9-10,12H2,1-3H3,(H,20,21). The summed E-state index contributed by atoms with van der Waals surface area (Å²) in [5, 5.41) is 3.47. The number of aryl methyl sites for hydroxylation is 1. The summed E-state index contributed by atoms with van der Waals surface area (Å²) in [6, 6.07) is 9.15. The minimum Gasteiger partial charge on any atom is -0.497 e. The van der Waals surface area contributed by atoms with Crippen molar-refractivity contribution in [1.29, 1.82) is 0 Å². The summed E-state index contributed by atoms with van der Waals surface area (Å²) in [6.07, 6.45) is 0. The highest BCUT2D eigenvalue weighted by Gasteiger charge is 2.15. The number of carbonyl (C=O) groups excluding carboxylic acids is 2. The maximum atomic E-state index is 12.0. The molecule has 146 valence electrons. The van der Waals surface area contributed by atoms with Crippen LogP contribution in [0, 0.1) is 6.92 Å². The molecule has 1 amide bonds. The van der Waals surface area contributed by atoms with E-state index in [9.17, 15) is 9.59 Å². The number of methoxy groups -OCH3 is 1. The molecular weight excluding hydrogens is 386 g/mol. The highest BCUT2D eigenvalue weighted by Crippen LogP contribution is 2.27. The summed E-state index contributed by atoms with van der Waals surface area (Å²) in [4.78, 5) is 24.4. The van der Waals surface area contributed by atoms with E-state index < -0.39 is 0 Å². The molecule has 0 saturated carbocycles. The molecule has 1 aromatic carbocycles. The third-order valence-electron chi connectivity index (χ3n) is 3.43. The van der Waals surface area contributed by atoms with E-state index in [1.165, 1.54) is 23.1 Å². The summed E-state index contributed by atoms with van der Waals surface area (Å²) in [6.45, 7) is 4.42. The second-order valence-electron chi connectivity index (χ2n) is 5.47. The average molecular weight is 410 g/mol. The third kappa shape index (κ3) is 6.80. The SMILES string of the molecule is CCOC(=O)c1sc(NC(=O)CSCCOc2ccc(OC)cc2)cc1C. The molecule has 27 heavy (non-hydrogen) atoms. The summed E-state index contributed by atoms with van der Waals surface area (Å²) >= 11 is 2.71. The maximum absolute atomic E-state index is 12.0. The number of benzene rings is 1. The van der Waals surface area contributed by atoms with Gasteiger partial charge >= 0.3 is 5.97 Å². The molecule has 0 fully saturated rings. The van der Waals surface area contributed by atoms with E-state index in [1.54, 1.807) is 20.1 Å². The van der Waals surface area contributed by atoms with Gasteiger partial charge in [-0.2, -0.15) is 0 Å². The van der Waals surface area contributed by atoms with Gasteiger partial charge < -0.3 is 19.5 Å².